The molecular weight excluding hydrogens is 388 g/mol. The lowest BCUT2D eigenvalue weighted by Gasteiger charge is -2.52. The molecule has 2 atom stereocenters. The van der Waals surface area contributed by atoms with Crippen molar-refractivity contribution in [1.82, 2.24) is 4.90 Å². The second kappa shape index (κ2) is 7.33. The van der Waals surface area contributed by atoms with Gasteiger partial charge < -0.3 is 15.3 Å². The molecule has 0 aliphatic carbocycles. The molecule has 2 aromatic carbocycles. The summed E-state index contributed by atoms with van der Waals surface area (Å²) in [5, 5.41) is 13.1. The van der Waals surface area contributed by atoms with Gasteiger partial charge in [0.25, 0.3) is 0 Å². The summed E-state index contributed by atoms with van der Waals surface area (Å²) in [6, 6.07) is 6.64. The van der Waals surface area contributed by atoms with Crippen molar-refractivity contribution in [3.8, 4) is 0 Å². The summed E-state index contributed by atoms with van der Waals surface area (Å²) in [7, 11) is 0. The highest BCUT2D eigenvalue weighted by Gasteiger charge is 2.54. The molecule has 8 heteroatoms. The topological polar surface area (TPSA) is 52.6 Å². The molecule has 0 amide bonds. The van der Waals surface area contributed by atoms with E-state index in [2.05, 4.69) is 10.2 Å². The van der Waals surface area contributed by atoms with Gasteiger partial charge in [0.2, 0.25) is 0 Å². The van der Waals surface area contributed by atoms with Crippen molar-refractivity contribution < 1.29 is 27.5 Å². The normalized spacial score (nSPS) is 25.4. The number of hydrogen-bond donors (Lipinski definition) is 2. The lowest BCUT2D eigenvalue weighted by atomic mass is 9.65. The van der Waals surface area contributed by atoms with Crippen molar-refractivity contribution in [3.05, 3.63) is 65.2 Å². The maximum Gasteiger partial charge on any atom is 0.334 e. The van der Waals surface area contributed by atoms with Gasteiger partial charge in [-0.3, -0.25) is 0 Å². The maximum absolute atomic E-state index is 14.0. The molecule has 2 N–H and O–H groups in total. The standard InChI is InChI=1S/C21H20F4N2O2/c22-14-3-1-2-13(8-14)21(20(28)29,16-11-27-6-4-12(16)5-7-27)26-15-9-17(23)19(25)18(24)10-15/h1-3,8-10,12,16,26H,4-7,11H2,(H,28,29)/t16?,21-/m0/s1. The number of nitrogens with one attached hydrogen (secondary N) is 1. The van der Waals surface area contributed by atoms with Gasteiger partial charge in [0.15, 0.2) is 23.0 Å². The third-order valence-electron chi connectivity index (χ3n) is 6.15. The zero-order valence-corrected chi connectivity index (χ0v) is 15.5. The van der Waals surface area contributed by atoms with Gasteiger partial charge >= 0.3 is 5.97 Å². The van der Waals surface area contributed by atoms with Crippen molar-refractivity contribution in [2.75, 3.05) is 25.0 Å². The zero-order chi connectivity index (χ0) is 20.8. The summed E-state index contributed by atoms with van der Waals surface area (Å²) in [6.07, 6.45) is 1.56. The van der Waals surface area contributed by atoms with Gasteiger partial charge in [0.05, 0.1) is 0 Å². The molecule has 154 valence electrons. The number of benzene rings is 2. The van der Waals surface area contributed by atoms with E-state index in [-0.39, 0.29) is 17.2 Å². The monoisotopic (exact) mass is 408 g/mol. The predicted molar refractivity (Wildman–Crippen MR) is 98.3 cm³/mol. The Morgan fingerprint density at radius 1 is 1.07 bits per heavy atom. The molecule has 3 aliphatic heterocycles. The average Bonchev–Trinajstić information content (AvgIpc) is 2.70. The van der Waals surface area contributed by atoms with Crippen LogP contribution in [-0.2, 0) is 10.3 Å². The third kappa shape index (κ3) is 3.35. The molecular formula is C21H20F4N2O2. The molecule has 0 saturated carbocycles. The number of carbonyl (C=O) groups is 1. The molecule has 0 spiro atoms. The lowest BCUT2D eigenvalue weighted by molar-refractivity contribution is -0.148. The van der Waals surface area contributed by atoms with E-state index in [9.17, 15) is 27.5 Å². The summed E-state index contributed by atoms with van der Waals surface area (Å²) in [6.45, 7) is 2.15. The van der Waals surface area contributed by atoms with Gasteiger partial charge in [-0.2, -0.15) is 0 Å². The van der Waals surface area contributed by atoms with Crippen LogP contribution >= 0.6 is 0 Å². The van der Waals surface area contributed by atoms with E-state index in [1.165, 1.54) is 18.2 Å². The minimum atomic E-state index is -1.83. The molecule has 2 bridgehead atoms. The van der Waals surface area contributed by atoms with E-state index in [0.717, 1.165) is 44.1 Å². The summed E-state index contributed by atoms with van der Waals surface area (Å²) >= 11 is 0. The van der Waals surface area contributed by atoms with Crippen LogP contribution in [0.3, 0.4) is 0 Å². The molecule has 0 radical (unpaired) electrons. The van der Waals surface area contributed by atoms with E-state index in [1.54, 1.807) is 0 Å². The Morgan fingerprint density at radius 2 is 1.72 bits per heavy atom. The highest BCUT2D eigenvalue weighted by atomic mass is 19.2. The number of hydrogen-bond acceptors (Lipinski definition) is 3. The van der Waals surface area contributed by atoms with Crippen LogP contribution in [0.15, 0.2) is 36.4 Å². The molecule has 1 unspecified atom stereocenters. The number of anilines is 1. The van der Waals surface area contributed by atoms with Crippen LogP contribution in [-0.4, -0.2) is 35.6 Å². The highest BCUT2D eigenvalue weighted by molar-refractivity contribution is 5.85. The molecule has 5 rings (SSSR count). The van der Waals surface area contributed by atoms with Gasteiger partial charge in [0.1, 0.15) is 5.82 Å². The van der Waals surface area contributed by atoms with Crippen LogP contribution in [0.4, 0.5) is 23.2 Å². The first-order valence-corrected chi connectivity index (χ1v) is 9.46. The number of carboxylic acid groups (broad SMARTS) is 1. The Kier molecular flexibility index (Phi) is 4.98. The van der Waals surface area contributed by atoms with Crippen LogP contribution in [0.25, 0.3) is 0 Å². The van der Waals surface area contributed by atoms with E-state index >= 15 is 0 Å². The van der Waals surface area contributed by atoms with Gasteiger partial charge in [-0.15, -0.1) is 0 Å². The number of aliphatic carboxylic acids is 1. The SMILES string of the molecule is O=C(O)[C@](Nc1cc(F)c(F)c(F)c1)(c1cccc(F)c1)C1CN2CCC1CC2. The Balaban J connectivity index is 1.87. The van der Waals surface area contributed by atoms with Gasteiger partial charge in [-0.1, -0.05) is 12.1 Å². The fourth-order valence-electron chi connectivity index (χ4n) is 4.76. The van der Waals surface area contributed by atoms with Gasteiger partial charge in [-0.25, -0.2) is 22.4 Å². The number of rotatable bonds is 5. The van der Waals surface area contributed by atoms with E-state index < -0.39 is 40.7 Å². The van der Waals surface area contributed by atoms with Crippen LogP contribution in [0.2, 0.25) is 0 Å². The second-order valence-corrected chi connectivity index (χ2v) is 7.75. The zero-order valence-electron chi connectivity index (χ0n) is 15.5. The van der Waals surface area contributed by atoms with Crippen LogP contribution in [0.1, 0.15) is 18.4 Å². The van der Waals surface area contributed by atoms with Crippen molar-refractivity contribution in [1.29, 1.82) is 0 Å². The van der Waals surface area contributed by atoms with Crippen LogP contribution < -0.4 is 5.32 Å². The third-order valence-corrected chi connectivity index (χ3v) is 6.15. The molecule has 2 aromatic rings. The van der Waals surface area contributed by atoms with Crippen molar-refractivity contribution >= 4 is 11.7 Å². The molecule has 3 heterocycles. The first kappa shape index (κ1) is 19.7. The number of carboxylic acids is 1. The molecule has 3 fully saturated rings. The average molecular weight is 408 g/mol. The fourth-order valence-corrected chi connectivity index (χ4v) is 4.76. The summed E-state index contributed by atoms with van der Waals surface area (Å²) in [4.78, 5) is 14.8. The van der Waals surface area contributed by atoms with Crippen LogP contribution in [0, 0.1) is 35.1 Å². The van der Waals surface area contributed by atoms with Gasteiger partial charge in [-0.05, 0) is 49.5 Å². The summed E-state index contributed by atoms with van der Waals surface area (Å²) < 4.78 is 55.0. The lowest BCUT2D eigenvalue weighted by Crippen LogP contribution is -2.60. The number of piperidine rings is 3. The van der Waals surface area contributed by atoms with E-state index in [4.69, 9.17) is 0 Å². The fraction of sp³-hybridized carbons (Fsp3) is 0.381. The smallest absolute Gasteiger partial charge is 0.334 e. The molecule has 29 heavy (non-hydrogen) atoms. The Bertz CT molecular complexity index is 923. The molecule has 3 saturated heterocycles. The van der Waals surface area contributed by atoms with E-state index in [1.807, 2.05) is 0 Å². The Hall–Kier alpha value is -2.61. The van der Waals surface area contributed by atoms with Gasteiger partial charge in [0, 0.05) is 30.3 Å². The maximum atomic E-state index is 14.0. The molecule has 4 nitrogen and oxygen atoms in total. The van der Waals surface area contributed by atoms with Crippen molar-refractivity contribution in [3.63, 3.8) is 0 Å². The second-order valence-electron chi connectivity index (χ2n) is 7.75. The Labute approximate surface area is 165 Å². The number of nitrogens with zero attached hydrogens (tertiary/aromatic N) is 1. The van der Waals surface area contributed by atoms with Crippen molar-refractivity contribution in [2.24, 2.45) is 11.8 Å². The number of halogens is 4. The quantitative estimate of drug-likeness (QED) is 0.581. The first-order chi connectivity index (χ1) is 13.8. The molecule has 0 aromatic heterocycles. The minimum Gasteiger partial charge on any atom is -0.479 e. The molecule has 3 aliphatic rings. The minimum absolute atomic E-state index is 0.0435. The largest absolute Gasteiger partial charge is 0.479 e. The summed E-state index contributed by atoms with van der Waals surface area (Å²) in [5.74, 6) is -6.83. The number of fused-ring (bicyclic) bond motifs is 3. The Morgan fingerprint density at radius 3 is 2.24 bits per heavy atom. The van der Waals surface area contributed by atoms with E-state index in [0.29, 0.717) is 6.54 Å². The first-order valence-electron chi connectivity index (χ1n) is 9.46. The summed E-state index contributed by atoms with van der Waals surface area (Å²) in [5.41, 5.74) is -1.90. The highest BCUT2D eigenvalue weighted by Crippen LogP contribution is 2.46. The van der Waals surface area contributed by atoms with Crippen LogP contribution in [0.5, 0.6) is 0 Å². The predicted octanol–water partition coefficient (Wildman–Crippen LogP) is 3.98. The van der Waals surface area contributed by atoms with Crippen molar-refractivity contribution in [2.45, 2.75) is 18.4 Å².